The third-order valence-electron chi connectivity index (χ3n) is 3.56. The standard InChI is InChI=1S/C17H19Cl2N3O3S/c1-12-3-6-16(20-10-12)21-17(23)11-22(2)7-8-26(24,25)15-9-13(18)4-5-14(15)19/h3-6,9-10H,7-8,11H2,1-2H3,(H,20,21,23). The van der Waals surface area contributed by atoms with E-state index in [9.17, 15) is 13.2 Å². The second kappa shape index (κ2) is 8.81. The topological polar surface area (TPSA) is 79.4 Å². The van der Waals surface area contributed by atoms with Crippen molar-refractivity contribution in [2.75, 3.05) is 31.2 Å². The first-order valence-electron chi connectivity index (χ1n) is 7.76. The number of nitrogens with one attached hydrogen (secondary N) is 1. The SMILES string of the molecule is Cc1ccc(NC(=O)CN(C)CCS(=O)(=O)c2cc(Cl)ccc2Cl)nc1. The fraction of sp³-hybridized carbons (Fsp3) is 0.294. The van der Waals surface area contributed by atoms with Crippen LogP contribution >= 0.6 is 23.2 Å². The van der Waals surface area contributed by atoms with Crippen molar-refractivity contribution in [1.82, 2.24) is 9.88 Å². The number of carbonyl (C=O) groups excluding carboxylic acids is 1. The predicted molar refractivity (Wildman–Crippen MR) is 104 cm³/mol. The normalized spacial score (nSPS) is 11.6. The molecule has 0 radical (unpaired) electrons. The van der Waals surface area contributed by atoms with Gasteiger partial charge in [0.2, 0.25) is 5.91 Å². The fourth-order valence-electron chi connectivity index (χ4n) is 2.15. The molecule has 0 aliphatic heterocycles. The van der Waals surface area contributed by atoms with Gasteiger partial charge in [-0.1, -0.05) is 29.3 Å². The van der Waals surface area contributed by atoms with Gasteiger partial charge in [-0.2, -0.15) is 0 Å². The Morgan fingerprint density at radius 3 is 2.62 bits per heavy atom. The Kier molecular flexibility index (Phi) is 7.00. The van der Waals surface area contributed by atoms with Crippen molar-refractivity contribution in [2.45, 2.75) is 11.8 Å². The number of nitrogens with zero attached hydrogens (tertiary/aromatic N) is 2. The van der Waals surface area contributed by atoms with E-state index in [2.05, 4.69) is 10.3 Å². The number of aryl methyl sites for hydroxylation is 1. The summed E-state index contributed by atoms with van der Waals surface area (Å²) in [4.78, 5) is 17.7. The van der Waals surface area contributed by atoms with Crippen LogP contribution in [0.5, 0.6) is 0 Å². The minimum Gasteiger partial charge on any atom is -0.310 e. The lowest BCUT2D eigenvalue weighted by Crippen LogP contribution is -2.33. The molecule has 0 saturated carbocycles. The van der Waals surface area contributed by atoms with Crippen molar-refractivity contribution in [2.24, 2.45) is 0 Å². The molecular weight excluding hydrogens is 397 g/mol. The number of anilines is 1. The summed E-state index contributed by atoms with van der Waals surface area (Å²) < 4.78 is 24.9. The number of halogens is 2. The van der Waals surface area contributed by atoms with Crippen LogP contribution in [-0.4, -0.2) is 50.1 Å². The molecule has 0 unspecified atom stereocenters. The number of benzene rings is 1. The smallest absolute Gasteiger partial charge is 0.239 e. The van der Waals surface area contributed by atoms with E-state index in [0.29, 0.717) is 10.8 Å². The molecule has 0 saturated heterocycles. The van der Waals surface area contributed by atoms with Gasteiger partial charge >= 0.3 is 0 Å². The summed E-state index contributed by atoms with van der Waals surface area (Å²) in [6.45, 7) is 2.10. The highest BCUT2D eigenvalue weighted by atomic mass is 35.5. The van der Waals surface area contributed by atoms with Crippen molar-refractivity contribution in [3.63, 3.8) is 0 Å². The zero-order valence-corrected chi connectivity index (χ0v) is 16.7. The number of rotatable bonds is 7. The summed E-state index contributed by atoms with van der Waals surface area (Å²) in [7, 11) is -1.95. The highest BCUT2D eigenvalue weighted by molar-refractivity contribution is 7.91. The van der Waals surface area contributed by atoms with Gasteiger partial charge in [-0.05, 0) is 43.8 Å². The first-order chi connectivity index (χ1) is 12.2. The van der Waals surface area contributed by atoms with E-state index in [4.69, 9.17) is 23.2 Å². The van der Waals surface area contributed by atoms with E-state index in [0.717, 1.165) is 5.56 Å². The Bertz CT molecular complexity index is 887. The third-order valence-corrected chi connectivity index (χ3v) is 5.97. The number of hydrogen-bond donors (Lipinski definition) is 1. The second-order valence-electron chi connectivity index (χ2n) is 5.90. The van der Waals surface area contributed by atoms with Crippen LogP contribution in [0.4, 0.5) is 5.82 Å². The lowest BCUT2D eigenvalue weighted by atomic mass is 10.3. The van der Waals surface area contributed by atoms with E-state index < -0.39 is 9.84 Å². The minimum atomic E-state index is -3.61. The largest absolute Gasteiger partial charge is 0.310 e. The average molecular weight is 416 g/mol. The molecule has 1 aromatic carbocycles. The molecule has 0 atom stereocenters. The van der Waals surface area contributed by atoms with Crippen molar-refractivity contribution in [3.05, 3.63) is 52.1 Å². The molecule has 0 bridgehead atoms. The highest BCUT2D eigenvalue weighted by Crippen LogP contribution is 2.25. The maximum Gasteiger partial charge on any atom is 0.239 e. The Hall–Kier alpha value is -1.67. The summed E-state index contributed by atoms with van der Waals surface area (Å²) in [6.07, 6.45) is 1.65. The predicted octanol–water partition coefficient (Wildman–Crippen LogP) is 3.04. The lowest BCUT2D eigenvalue weighted by molar-refractivity contribution is -0.117. The van der Waals surface area contributed by atoms with Crippen molar-refractivity contribution < 1.29 is 13.2 Å². The lowest BCUT2D eigenvalue weighted by Gasteiger charge is -2.16. The summed E-state index contributed by atoms with van der Waals surface area (Å²) in [6, 6.07) is 7.85. The third kappa shape index (κ3) is 5.95. The molecule has 1 N–H and O–H groups in total. The summed E-state index contributed by atoms with van der Waals surface area (Å²) >= 11 is 11.8. The van der Waals surface area contributed by atoms with Gasteiger partial charge in [0.25, 0.3) is 0 Å². The van der Waals surface area contributed by atoms with Gasteiger partial charge in [-0.15, -0.1) is 0 Å². The van der Waals surface area contributed by atoms with E-state index in [1.165, 1.54) is 18.2 Å². The van der Waals surface area contributed by atoms with Crippen LogP contribution in [-0.2, 0) is 14.6 Å². The molecule has 1 aromatic heterocycles. The maximum atomic E-state index is 12.4. The van der Waals surface area contributed by atoms with Crippen LogP contribution in [0.1, 0.15) is 5.56 Å². The number of pyridine rings is 1. The second-order valence-corrected chi connectivity index (χ2v) is 8.82. The first-order valence-corrected chi connectivity index (χ1v) is 10.2. The molecule has 1 heterocycles. The van der Waals surface area contributed by atoms with Gasteiger partial charge < -0.3 is 5.32 Å². The number of aromatic nitrogens is 1. The number of carbonyl (C=O) groups is 1. The fourth-order valence-corrected chi connectivity index (χ4v) is 4.30. The molecule has 2 aromatic rings. The van der Waals surface area contributed by atoms with E-state index >= 15 is 0 Å². The summed E-state index contributed by atoms with van der Waals surface area (Å²) in [5.74, 6) is -0.00559. The van der Waals surface area contributed by atoms with Crippen LogP contribution in [0.3, 0.4) is 0 Å². The molecule has 0 fully saturated rings. The molecule has 2 rings (SSSR count). The number of likely N-dealkylation sites (N-methyl/N-ethyl adjacent to an activating group) is 1. The first kappa shape index (κ1) is 20.6. The van der Waals surface area contributed by atoms with Gasteiger partial charge in [-0.3, -0.25) is 9.69 Å². The molecule has 6 nitrogen and oxygen atoms in total. The van der Waals surface area contributed by atoms with Gasteiger partial charge in [0.15, 0.2) is 9.84 Å². The zero-order chi connectivity index (χ0) is 19.3. The maximum absolute atomic E-state index is 12.4. The minimum absolute atomic E-state index is 0.00614. The Balaban J connectivity index is 1.91. The highest BCUT2D eigenvalue weighted by Gasteiger charge is 2.20. The van der Waals surface area contributed by atoms with E-state index in [1.54, 1.807) is 24.2 Å². The quantitative estimate of drug-likeness (QED) is 0.751. The number of amides is 1. The van der Waals surface area contributed by atoms with E-state index in [-0.39, 0.29) is 34.7 Å². The van der Waals surface area contributed by atoms with Crippen LogP contribution < -0.4 is 5.32 Å². The molecule has 0 aliphatic rings. The van der Waals surface area contributed by atoms with Crippen LogP contribution in [0, 0.1) is 6.92 Å². The van der Waals surface area contributed by atoms with Crippen LogP contribution in [0.15, 0.2) is 41.4 Å². The van der Waals surface area contributed by atoms with Gasteiger partial charge in [-0.25, -0.2) is 13.4 Å². The van der Waals surface area contributed by atoms with Crippen LogP contribution in [0.2, 0.25) is 10.0 Å². The average Bonchev–Trinajstić information content (AvgIpc) is 2.57. The van der Waals surface area contributed by atoms with Gasteiger partial charge in [0.05, 0.1) is 22.2 Å². The van der Waals surface area contributed by atoms with E-state index in [1.807, 2.05) is 13.0 Å². The van der Waals surface area contributed by atoms with Crippen molar-refractivity contribution in [3.8, 4) is 0 Å². The molecule has 26 heavy (non-hydrogen) atoms. The monoisotopic (exact) mass is 415 g/mol. The van der Waals surface area contributed by atoms with Crippen molar-refractivity contribution >= 4 is 44.8 Å². The van der Waals surface area contributed by atoms with Crippen LogP contribution in [0.25, 0.3) is 0 Å². The summed E-state index contributed by atoms with van der Waals surface area (Å²) in [5, 5.41) is 3.09. The van der Waals surface area contributed by atoms with Gasteiger partial charge in [0, 0.05) is 17.8 Å². The molecular formula is C17H19Cl2N3O3S. The Morgan fingerprint density at radius 1 is 1.23 bits per heavy atom. The number of sulfone groups is 1. The number of hydrogen-bond acceptors (Lipinski definition) is 5. The molecule has 140 valence electrons. The zero-order valence-electron chi connectivity index (χ0n) is 14.4. The molecule has 0 spiro atoms. The Labute approximate surface area is 163 Å². The Morgan fingerprint density at radius 2 is 1.96 bits per heavy atom. The molecule has 0 aliphatic carbocycles. The molecule has 9 heteroatoms. The molecule has 1 amide bonds. The van der Waals surface area contributed by atoms with Gasteiger partial charge in [0.1, 0.15) is 5.82 Å². The van der Waals surface area contributed by atoms with Crippen molar-refractivity contribution in [1.29, 1.82) is 0 Å². The summed E-state index contributed by atoms with van der Waals surface area (Å²) in [5.41, 5.74) is 0.991.